The average molecular weight is 187 g/mol. The van der Waals surface area contributed by atoms with E-state index in [9.17, 15) is 4.79 Å². The minimum absolute atomic E-state index is 0. The Morgan fingerprint density at radius 1 is 1.71 bits per heavy atom. The van der Waals surface area contributed by atoms with Gasteiger partial charge in [0.1, 0.15) is 0 Å². The van der Waals surface area contributed by atoms with Crippen molar-refractivity contribution in [1.82, 2.24) is 0 Å². The second kappa shape index (κ2) is 6.38. The maximum absolute atomic E-state index is 9.97. The normalized spacial score (nSPS) is 8.29. The van der Waals surface area contributed by atoms with E-state index in [1.165, 1.54) is 7.11 Å². The first kappa shape index (κ1) is 10.4. The zero-order chi connectivity index (χ0) is 4.99. The summed E-state index contributed by atoms with van der Waals surface area (Å²) >= 11 is 0. The molecule has 0 fully saturated rings. The van der Waals surface area contributed by atoms with Gasteiger partial charge in [0.2, 0.25) is 0 Å². The molecule has 2 nitrogen and oxygen atoms in total. The van der Waals surface area contributed by atoms with Crippen LogP contribution in [0.3, 0.4) is 0 Å². The molecule has 0 aliphatic heterocycles. The summed E-state index contributed by atoms with van der Waals surface area (Å²) in [5.41, 5.74) is -0.130. The molecule has 0 amide bonds. The van der Waals surface area contributed by atoms with E-state index >= 15 is 0 Å². The van der Waals surface area contributed by atoms with Gasteiger partial charge in [-0.3, -0.25) is 0 Å². The highest BCUT2D eigenvalue weighted by Gasteiger charge is 1.87. The fourth-order valence-corrected chi connectivity index (χ4v) is 0.306. The van der Waals surface area contributed by atoms with Gasteiger partial charge in [-0.25, -0.2) is 4.79 Å². The van der Waals surface area contributed by atoms with Crippen LogP contribution < -0.4 is 0 Å². The third-order valence-corrected chi connectivity index (χ3v) is 1.00. The minimum atomic E-state index is -0.130. The number of ether oxygens (including phenoxy) is 1. The summed E-state index contributed by atoms with van der Waals surface area (Å²) in [6.07, 6.45) is 0. The largest absolute Gasteiger partial charge is 0.466 e. The van der Waals surface area contributed by atoms with Crippen molar-refractivity contribution in [2.24, 2.45) is 0 Å². The molecule has 7 heavy (non-hydrogen) atoms. The molecule has 0 aromatic carbocycles. The standard InChI is InChI=1S/C3H7O2P.BrH/c1-5-3(4)6-2;/h6H,1-2H3;1H. The first-order chi connectivity index (χ1) is 2.81. The van der Waals surface area contributed by atoms with Crippen molar-refractivity contribution < 1.29 is 9.53 Å². The lowest BCUT2D eigenvalue weighted by Gasteiger charge is -1.87. The summed E-state index contributed by atoms with van der Waals surface area (Å²) < 4.78 is 4.27. The molecule has 0 N–H and O–H groups in total. The van der Waals surface area contributed by atoms with Crippen LogP contribution in [0.25, 0.3) is 0 Å². The molecule has 0 saturated carbocycles. The van der Waals surface area contributed by atoms with Gasteiger partial charge in [-0.15, -0.1) is 17.0 Å². The van der Waals surface area contributed by atoms with Crippen molar-refractivity contribution in [3.05, 3.63) is 0 Å². The van der Waals surface area contributed by atoms with E-state index in [4.69, 9.17) is 0 Å². The van der Waals surface area contributed by atoms with Crippen molar-refractivity contribution in [1.29, 1.82) is 0 Å². The van der Waals surface area contributed by atoms with Gasteiger partial charge in [0.15, 0.2) is 0 Å². The highest BCUT2D eigenvalue weighted by atomic mass is 79.9. The summed E-state index contributed by atoms with van der Waals surface area (Å²) in [6.45, 7) is 1.78. The first-order valence-corrected chi connectivity index (χ1v) is 3.07. The molecule has 44 valence electrons. The molecule has 0 spiro atoms. The Hall–Kier alpha value is 0.380. The van der Waals surface area contributed by atoms with Crippen LogP contribution in [0, 0.1) is 0 Å². The fourth-order valence-electron chi connectivity index (χ4n) is 0.102. The maximum Gasteiger partial charge on any atom is 0.322 e. The van der Waals surface area contributed by atoms with Crippen molar-refractivity contribution in [3.63, 3.8) is 0 Å². The molecule has 0 radical (unpaired) electrons. The Kier molecular flexibility index (Phi) is 9.46. The van der Waals surface area contributed by atoms with Gasteiger partial charge in [0, 0.05) is 0 Å². The van der Waals surface area contributed by atoms with E-state index in [1.807, 2.05) is 0 Å². The molecule has 0 aliphatic rings. The van der Waals surface area contributed by atoms with Crippen molar-refractivity contribution in [2.75, 3.05) is 13.8 Å². The van der Waals surface area contributed by atoms with Gasteiger partial charge in [0.25, 0.3) is 0 Å². The van der Waals surface area contributed by atoms with Gasteiger partial charge in [-0.2, -0.15) is 0 Å². The number of carbonyl (C=O) groups is 1. The fraction of sp³-hybridized carbons (Fsp3) is 0.667. The Labute approximate surface area is 55.2 Å². The predicted octanol–water partition coefficient (Wildman–Crippen LogP) is 1.64. The second-order valence-electron chi connectivity index (χ2n) is 0.742. The molecular formula is C3H8BrO2P. The average Bonchev–Trinajstić information content (AvgIpc) is 1.65. The van der Waals surface area contributed by atoms with Gasteiger partial charge in [-0.05, 0) is 15.2 Å². The molecule has 0 bridgehead atoms. The van der Waals surface area contributed by atoms with Gasteiger partial charge < -0.3 is 4.74 Å². The summed E-state index contributed by atoms with van der Waals surface area (Å²) in [5, 5.41) is 0. The molecular weight excluding hydrogens is 179 g/mol. The van der Waals surface area contributed by atoms with E-state index in [0.717, 1.165) is 0 Å². The SMILES string of the molecule is Br.COC(=O)PC. The first-order valence-electron chi connectivity index (χ1n) is 1.57. The van der Waals surface area contributed by atoms with Crippen molar-refractivity contribution in [2.45, 2.75) is 0 Å². The van der Waals surface area contributed by atoms with Crippen LogP contribution in [0.2, 0.25) is 0 Å². The van der Waals surface area contributed by atoms with E-state index < -0.39 is 0 Å². The summed E-state index contributed by atoms with van der Waals surface area (Å²) in [6, 6.07) is 0. The third-order valence-electron chi connectivity index (χ3n) is 0.390. The summed E-state index contributed by atoms with van der Waals surface area (Å²) in [7, 11) is 1.66. The van der Waals surface area contributed by atoms with Crippen LogP contribution in [-0.2, 0) is 4.74 Å². The molecule has 1 unspecified atom stereocenters. The van der Waals surface area contributed by atoms with Crippen LogP contribution >= 0.6 is 25.6 Å². The Bertz CT molecular complexity index is 50.9. The van der Waals surface area contributed by atoms with Crippen LogP contribution in [0.15, 0.2) is 0 Å². The summed E-state index contributed by atoms with van der Waals surface area (Å²) in [4.78, 5) is 9.97. The number of hydrogen-bond acceptors (Lipinski definition) is 2. The van der Waals surface area contributed by atoms with Crippen LogP contribution in [0.4, 0.5) is 4.79 Å². The molecule has 0 heterocycles. The monoisotopic (exact) mass is 186 g/mol. The number of hydrogen-bond donors (Lipinski definition) is 0. The lowest BCUT2D eigenvalue weighted by molar-refractivity contribution is 0.199. The van der Waals surface area contributed by atoms with Crippen molar-refractivity contribution >= 4 is 31.3 Å². The Morgan fingerprint density at radius 3 is 2.14 bits per heavy atom. The number of rotatable bonds is 1. The molecule has 0 aliphatic carbocycles. The van der Waals surface area contributed by atoms with Crippen LogP contribution in [-0.4, -0.2) is 19.5 Å². The topological polar surface area (TPSA) is 26.3 Å². The predicted molar refractivity (Wildman–Crippen MR) is 37.0 cm³/mol. The Morgan fingerprint density at radius 2 is 2.14 bits per heavy atom. The quantitative estimate of drug-likeness (QED) is 0.583. The summed E-state index contributed by atoms with van der Waals surface area (Å²) in [5.74, 6) is 0. The smallest absolute Gasteiger partial charge is 0.322 e. The lowest BCUT2D eigenvalue weighted by atomic mass is 11.5. The highest BCUT2D eigenvalue weighted by molar-refractivity contribution is 8.93. The van der Waals surface area contributed by atoms with Crippen LogP contribution in [0.5, 0.6) is 0 Å². The molecule has 0 rings (SSSR count). The molecule has 0 saturated heterocycles. The third kappa shape index (κ3) is 6.38. The number of methoxy groups -OCH3 is 1. The molecule has 1 atom stereocenters. The highest BCUT2D eigenvalue weighted by Crippen LogP contribution is 2.03. The zero-order valence-corrected chi connectivity index (χ0v) is 6.94. The van der Waals surface area contributed by atoms with Gasteiger partial charge >= 0.3 is 5.71 Å². The van der Waals surface area contributed by atoms with Gasteiger partial charge in [0.05, 0.1) is 7.11 Å². The number of halogens is 1. The van der Waals surface area contributed by atoms with Crippen molar-refractivity contribution in [3.8, 4) is 0 Å². The van der Waals surface area contributed by atoms with Crippen LogP contribution in [0.1, 0.15) is 0 Å². The van der Waals surface area contributed by atoms with E-state index in [2.05, 4.69) is 4.74 Å². The number of carbonyl (C=O) groups excluding carboxylic acids is 1. The van der Waals surface area contributed by atoms with E-state index in [-0.39, 0.29) is 31.3 Å². The maximum atomic E-state index is 9.97. The molecule has 4 heteroatoms. The van der Waals surface area contributed by atoms with E-state index in [1.54, 1.807) is 6.66 Å². The molecule has 0 aromatic heterocycles. The van der Waals surface area contributed by atoms with Gasteiger partial charge in [-0.1, -0.05) is 0 Å². The second-order valence-corrected chi connectivity index (χ2v) is 1.65. The molecule has 0 aromatic rings. The lowest BCUT2D eigenvalue weighted by Crippen LogP contribution is -1.84. The zero-order valence-electron chi connectivity index (χ0n) is 4.22. The minimum Gasteiger partial charge on any atom is -0.466 e. The Balaban J connectivity index is 0. The van der Waals surface area contributed by atoms with E-state index in [0.29, 0.717) is 0 Å².